The Morgan fingerprint density at radius 2 is 2.00 bits per heavy atom. The van der Waals surface area contributed by atoms with Crippen LogP contribution >= 0.6 is 23.2 Å². The number of hydrogen-bond acceptors (Lipinski definition) is 7. The van der Waals surface area contributed by atoms with Crippen molar-refractivity contribution in [2.75, 3.05) is 18.1 Å². The number of rotatable bonds is 0. The first-order chi connectivity index (χ1) is 13.7. The fourth-order valence-electron chi connectivity index (χ4n) is 4.61. The predicted octanol–water partition coefficient (Wildman–Crippen LogP) is 3.68. The van der Waals surface area contributed by atoms with Gasteiger partial charge in [-0.05, 0) is 45.2 Å². The van der Waals surface area contributed by atoms with Gasteiger partial charge in [0.05, 0.1) is 23.6 Å². The van der Waals surface area contributed by atoms with E-state index in [9.17, 15) is 4.79 Å². The molecule has 0 aromatic carbocycles. The summed E-state index contributed by atoms with van der Waals surface area (Å²) in [6.07, 6.45) is 1.50. The molecule has 0 unspecified atom stereocenters. The van der Waals surface area contributed by atoms with Crippen molar-refractivity contribution in [1.29, 1.82) is 0 Å². The first-order valence-electron chi connectivity index (χ1n) is 9.66. The molecule has 3 atom stereocenters. The molecule has 2 bridgehead atoms. The van der Waals surface area contributed by atoms with E-state index in [1.807, 2.05) is 25.7 Å². The first kappa shape index (κ1) is 18.9. The summed E-state index contributed by atoms with van der Waals surface area (Å²) in [6.45, 7) is 6.61. The maximum atomic E-state index is 12.9. The number of anilines is 1. The van der Waals surface area contributed by atoms with Crippen LogP contribution in [0.3, 0.4) is 0 Å². The molecule has 29 heavy (non-hydrogen) atoms. The smallest absolute Gasteiger partial charge is 0.410 e. The lowest BCUT2D eigenvalue weighted by molar-refractivity contribution is 0.00540. The van der Waals surface area contributed by atoms with Crippen LogP contribution in [0, 0.1) is 0 Å². The van der Waals surface area contributed by atoms with Gasteiger partial charge in [0.1, 0.15) is 28.6 Å². The molecular formula is C19H21Cl2N5O3. The highest BCUT2D eigenvalue weighted by Gasteiger charge is 2.51. The fourth-order valence-corrected chi connectivity index (χ4v) is 4.96. The Hall–Kier alpha value is -2.06. The van der Waals surface area contributed by atoms with Crippen LogP contribution in [0.1, 0.15) is 33.6 Å². The van der Waals surface area contributed by atoms with Gasteiger partial charge in [-0.25, -0.2) is 14.8 Å². The predicted molar refractivity (Wildman–Crippen MR) is 109 cm³/mol. The zero-order chi connectivity index (χ0) is 20.5. The Labute approximate surface area is 178 Å². The molecule has 2 fully saturated rings. The Bertz CT molecular complexity index is 1010. The van der Waals surface area contributed by atoms with Crippen LogP contribution < -0.4 is 9.64 Å². The van der Waals surface area contributed by atoms with Crippen LogP contribution in [0.2, 0.25) is 10.4 Å². The molecule has 154 valence electrons. The summed E-state index contributed by atoms with van der Waals surface area (Å²) in [6, 6.07) is 1.56. The first-order valence-corrected chi connectivity index (χ1v) is 10.4. The Morgan fingerprint density at radius 1 is 1.21 bits per heavy atom. The molecule has 0 saturated carbocycles. The van der Waals surface area contributed by atoms with E-state index < -0.39 is 5.60 Å². The van der Waals surface area contributed by atoms with E-state index in [1.165, 1.54) is 0 Å². The van der Waals surface area contributed by atoms with Crippen molar-refractivity contribution in [2.24, 2.45) is 0 Å². The maximum absolute atomic E-state index is 12.9. The van der Waals surface area contributed by atoms with Gasteiger partial charge in [-0.2, -0.15) is 4.98 Å². The Kier molecular flexibility index (Phi) is 4.22. The highest BCUT2D eigenvalue weighted by Crippen LogP contribution is 2.43. The molecule has 10 heteroatoms. The Balaban J connectivity index is 1.57. The summed E-state index contributed by atoms with van der Waals surface area (Å²) >= 11 is 12.4. The number of aromatic nitrogens is 3. The number of carbonyl (C=O) groups excluding carboxylic acids is 1. The molecule has 0 aliphatic carbocycles. The standard InChI is InChI=1S/C19H21Cl2N5O3/c1-19(2,3)29-18(27)26-9-4-5-11(26)12-8-28-16-14-10(6-13(20)23-16)22-17(21)24-15(14)25(12)7-9/h6,9,11-12H,4-5,7-8H2,1-3H3/t9-,11+,12-/m0/s1. The molecule has 3 aliphatic rings. The van der Waals surface area contributed by atoms with Crippen molar-refractivity contribution in [1.82, 2.24) is 19.9 Å². The van der Waals surface area contributed by atoms with Gasteiger partial charge in [-0.3, -0.25) is 4.90 Å². The number of carbonyl (C=O) groups is 1. The van der Waals surface area contributed by atoms with Crippen molar-refractivity contribution in [3.63, 3.8) is 0 Å². The number of piperazine rings is 1. The number of halogens is 2. The third-order valence-corrected chi connectivity index (χ3v) is 6.00. The third-order valence-electron chi connectivity index (χ3n) is 5.63. The van der Waals surface area contributed by atoms with Gasteiger partial charge in [0, 0.05) is 12.6 Å². The average Bonchev–Trinajstić information content (AvgIpc) is 2.84. The zero-order valence-electron chi connectivity index (χ0n) is 16.4. The number of fused-ring (bicyclic) bond motifs is 5. The molecular weight excluding hydrogens is 417 g/mol. The van der Waals surface area contributed by atoms with Gasteiger partial charge >= 0.3 is 6.09 Å². The molecule has 0 spiro atoms. The van der Waals surface area contributed by atoms with E-state index in [0.717, 1.165) is 12.8 Å². The molecule has 2 aromatic rings. The quantitative estimate of drug-likeness (QED) is 0.459. The van der Waals surface area contributed by atoms with Crippen LogP contribution in [0.25, 0.3) is 10.9 Å². The number of amides is 1. The van der Waals surface area contributed by atoms with E-state index in [1.54, 1.807) is 6.07 Å². The molecule has 0 N–H and O–H groups in total. The summed E-state index contributed by atoms with van der Waals surface area (Å²) in [5.41, 5.74) is 0.0502. The minimum Gasteiger partial charge on any atom is -0.475 e. The van der Waals surface area contributed by atoms with Gasteiger partial charge in [0.2, 0.25) is 11.2 Å². The second-order valence-electron chi connectivity index (χ2n) is 8.68. The lowest BCUT2D eigenvalue weighted by Gasteiger charge is -2.46. The van der Waals surface area contributed by atoms with Gasteiger partial charge in [0.15, 0.2) is 0 Å². The third kappa shape index (κ3) is 3.13. The fraction of sp³-hybridized carbons (Fsp3) is 0.579. The summed E-state index contributed by atoms with van der Waals surface area (Å²) in [5.74, 6) is 1.08. The number of pyridine rings is 1. The average molecular weight is 438 g/mol. The molecule has 2 saturated heterocycles. The highest BCUT2D eigenvalue weighted by molar-refractivity contribution is 6.31. The van der Waals surface area contributed by atoms with E-state index in [0.29, 0.717) is 35.8 Å². The minimum absolute atomic E-state index is 0.0386. The highest BCUT2D eigenvalue weighted by atomic mass is 35.5. The van der Waals surface area contributed by atoms with Crippen LogP contribution in [-0.2, 0) is 4.74 Å². The van der Waals surface area contributed by atoms with Crippen LogP contribution in [0.15, 0.2) is 6.07 Å². The van der Waals surface area contributed by atoms with Crippen LogP contribution in [-0.4, -0.2) is 62.8 Å². The van der Waals surface area contributed by atoms with Crippen molar-refractivity contribution in [3.05, 3.63) is 16.5 Å². The van der Waals surface area contributed by atoms with Crippen LogP contribution in [0.4, 0.5) is 10.6 Å². The molecule has 0 radical (unpaired) electrons. The van der Waals surface area contributed by atoms with Gasteiger partial charge in [-0.1, -0.05) is 11.6 Å². The second-order valence-corrected chi connectivity index (χ2v) is 9.40. The number of ether oxygens (including phenoxy) is 2. The number of hydrogen-bond donors (Lipinski definition) is 0. The topological polar surface area (TPSA) is 80.7 Å². The minimum atomic E-state index is -0.545. The van der Waals surface area contributed by atoms with E-state index in [-0.39, 0.29) is 34.7 Å². The van der Waals surface area contributed by atoms with E-state index in [2.05, 4.69) is 19.9 Å². The maximum Gasteiger partial charge on any atom is 0.410 e. The molecule has 5 rings (SSSR count). The molecule has 3 aliphatic heterocycles. The molecule has 2 aromatic heterocycles. The molecule has 5 heterocycles. The Morgan fingerprint density at radius 3 is 2.76 bits per heavy atom. The summed E-state index contributed by atoms with van der Waals surface area (Å²) in [4.78, 5) is 30.1. The molecule has 1 amide bonds. The monoisotopic (exact) mass is 437 g/mol. The van der Waals surface area contributed by atoms with Gasteiger partial charge in [-0.15, -0.1) is 0 Å². The van der Waals surface area contributed by atoms with Crippen molar-refractivity contribution >= 4 is 46.0 Å². The van der Waals surface area contributed by atoms with E-state index in [4.69, 9.17) is 32.7 Å². The zero-order valence-corrected chi connectivity index (χ0v) is 17.9. The van der Waals surface area contributed by atoms with Gasteiger partial charge in [0.25, 0.3) is 0 Å². The lowest BCUT2D eigenvalue weighted by Crippen LogP contribution is -2.63. The van der Waals surface area contributed by atoms with Crippen molar-refractivity contribution < 1.29 is 14.3 Å². The summed E-state index contributed by atoms with van der Waals surface area (Å²) in [5, 5.41) is 1.12. The summed E-state index contributed by atoms with van der Waals surface area (Å²) in [7, 11) is 0. The van der Waals surface area contributed by atoms with Crippen molar-refractivity contribution in [2.45, 2.75) is 57.3 Å². The van der Waals surface area contributed by atoms with E-state index >= 15 is 0 Å². The second kappa shape index (κ2) is 6.47. The molecule has 8 nitrogen and oxygen atoms in total. The lowest BCUT2D eigenvalue weighted by atomic mass is 10.0. The number of nitrogens with zero attached hydrogens (tertiary/aromatic N) is 5. The SMILES string of the molecule is CC(C)(C)OC(=O)N1[C@H]2CC[C@@H]1[C@@H]1COc3nc(Cl)cc4nc(Cl)nc(c34)N1C2. The largest absolute Gasteiger partial charge is 0.475 e. The van der Waals surface area contributed by atoms with Crippen molar-refractivity contribution in [3.8, 4) is 5.88 Å². The summed E-state index contributed by atoms with van der Waals surface area (Å²) < 4.78 is 11.7. The normalized spacial score (nSPS) is 25.5. The van der Waals surface area contributed by atoms with Gasteiger partial charge < -0.3 is 14.4 Å². The van der Waals surface area contributed by atoms with Crippen LogP contribution in [0.5, 0.6) is 5.88 Å².